The van der Waals surface area contributed by atoms with Gasteiger partial charge in [0.2, 0.25) is 0 Å². The van der Waals surface area contributed by atoms with E-state index in [1.165, 1.54) is 28.2 Å². The van der Waals surface area contributed by atoms with Crippen molar-refractivity contribution < 1.29 is 4.79 Å². The van der Waals surface area contributed by atoms with Crippen molar-refractivity contribution in [2.24, 2.45) is 7.05 Å². The second-order valence-electron chi connectivity index (χ2n) is 8.22. The normalized spacial score (nSPS) is 10.6. The van der Waals surface area contributed by atoms with E-state index in [4.69, 9.17) is 5.26 Å². The maximum atomic E-state index is 13.3. The molecule has 1 N–H and O–H groups in total. The first-order chi connectivity index (χ1) is 17.9. The van der Waals surface area contributed by atoms with Crippen LogP contribution in [0.3, 0.4) is 0 Å². The molecule has 0 aliphatic rings. The Morgan fingerprint density at radius 1 is 1.03 bits per heavy atom. The summed E-state index contributed by atoms with van der Waals surface area (Å²) in [6.07, 6.45) is 3.05. The topological polar surface area (TPSA) is 137 Å². The van der Waals surface area contributed by atoms with Gasteiger partial charge in [-0.15, -0.1) is 0 Å². The molecule has 178 valence electrons. The molecule has 0 saturated carbocycles. The van der Waals surface area contributed by atoms with Crippen LogP contribution in [0.1, 0.15) is 27.2 Å². The van der Waals surface area contributed by atoms with Crippen LogP contribution >= 0.6 is 11.3 Å². The predicted molar refractivity (Wildman–Crippen MR) is 140 cm³/mol. The number of aryl methyl sites for hydroxylation is 2. The van der Waals surface area contributed by atoms with E-state index in [-0.39, 0.29) is 11.1 Å². The third-order valence-corrected chi connectivity index (χ3v) is 6.57. The second-order valence-corrected chi connectivity index (χ2v) is 9.20. The van der Waals surface area contributed by atoms with E-state index in [2.05, 4.69) is 26.3 Å². The van der Waals surface area contributed by atoms with Crippen LogP contribution in [0.5, 0.6) is 0 Å². The van der Waals surface area contributed by atoms with Crippen LogP contribution in [0.15, 0.2) is 65.7 Å². The fourth-order valence-corrected chi connectivity index (χ4v) is 4.66. The molecular weight excluding hydrogens is 486 g/mol. The summed E-state index contributed by atoms with van der Waals surface area (Å²) < 4.78 is 1.32. The van der Waals surface area contributed by atoms with Crippen molar-refractivity contribution in [3.8, 4) is 34.5 Å². The zero-order valence-electron chi connectivity index (χ0n) is 19.7. The first-order valence-electron chi connectivity index (χ1n) is 11.0. The summed E-state index contributed by atoms with van der Waals surface area (Å²) >= 11 is 1.24. The SMILES string of the molecule is Cc1cc(-c2cc(C#N)c(=O)n(C)c2)c(C(=O)Nc2nc3ccc(-c4ccc(C#N)cc4)nc3s2)cn1. The molecule has 0 atom stereocenters. The smallest absolute Gasteiger partial charge is 0.268 e. The van der Waals surface area contributed by atoms with E-state index in [0.717, 1.165) is 11.3 Å². The molecule has 10 heteroatoms. The van der Waals surface area contributed by atoms with E-state index >= 15 is 0 Å². The van der Waals surface area contributed by atoms with Crippen LogP contribution in [-0.2, 0) is 7.05 Å². The van der Waals surface area contributed by atoms with Gasteiger partial charge in [-0.2, -0.15) is 10.5 Å². The second kappa shape index (κ2) is 9.46. The van der Waals surface area contributed by atoms with Crippen LogP contribution in [0.2, 0.25) is 0 Å². The molecule has 1 aromatic carbocycles. The van der Waals surface area contributed by atoms with Gasteiger partial charge in [0.25, 0.3) is 11.5 Å². The molecule has 1 amide bonds. The average molecular weight is 504 g/mol. The van der Waals surface area contributed by atoms with Crippen LogP contribution in [-0.4, -0.2) is 25.4 Å². The number of pyridine rings is 3. The lowest BCUT2D eigenvalue weighted by molar-refractivity contribution is 0.102. The van der Waals surface area contributed by atoms with Crippen molar-refractivity contribution in [2.45, 2.75) is 6.92 Å². The third kappa shape index (κ3) is 4.57. The fourth-order valence-electron chi connectivity index (χ4n) is 3.83. The zero-order valence-corrected chi connectivity index (χ0v) is 20.5. The number of hydrogen-bond donors (Lipinski definition) is 1. The summed E-state index contributed by atoms with van der Waals surface area (Å²) in [6.45, 7) is 1.79. The number of nitriles is 2. The highest BCUT2D eigenvalue weighted by atomic mass is 32.1. The van der Waals surface area contributed by atoms with Crippen molar-refractivity contribution in [2.75, 3.05) is 5.32 Å². The number of nitrogens with zero attached hydrogens (tertiary/aromatic N) is 6. The highest BCUT2D eigenvalue weighted by Gasteiger charge is 2.18. The van der Waals surface area contributed by atoms with Crippen LogP contribution < -0.4 is 10.9 Å². The van der Waals surface area contributed by atoms with E-state index in [0.29, 0.717) is 37.9 Å². The molecule has 0 aliphatic heterocycles. The highest BCUT2D eigenvalue weighted by molar-refractivity contribution is 7.22. The van der Waals surface area contributed by atoms with Gasteiger partial charge < -0.3 is 4.57 Å². The molecule has 0 radical (unpaired) electrons. The van der Waals surface area contributed by atoms with Gasteiger partial charge in [0.05, 0.1) is 22.9 Å². The van der Waals surface area contributed by atoms with Gasteiger partial charge in [-0.05, 0) is 48.9 Å². The number of amides is 1. The molecule has 0 spiro atoms. The maximum Gasteiger partial charge on any atom is 0.268 e. The van der Waals surface area contributed by atoms with Gasteiger partial charge in [0.15, 0.2) is 5.13 Å². The molecule has 0 fully saturated rings. The van der Waals surface area contributed by atoms with E-state index in [9.17, 15) is 14.9 Å². The number of hydrogen-bond acceptors (Lipinski definition) is 8. The standard InChI is InChI=1S/C27H17N7O2S/c1-15-9-20(19-10-18(12-29)26(36)34(2)14-19)21(13-30-15)24(35)33-27-32-23-8-7-22(31-25(23)37-27)17-5-3-16(11-28)4-6-17/h3-10,13-14H,1-2H3,(H,32,33,35). The van der Waals surface area contributed by atoms with Crippen molar-refractivity contribution >= 4 is 32.7 Å². The van der Waals surface area contributed by atoms with Gasteiger partial charge in [0, 0.05) is 36.3 Å². The molecule has 0 aliphatic carbocycles. The van der Waals surface area contributed by atoms with E-state index in [1.54, 1.807) is 38.4 Å². The predicted octanol–water partition coefficient (Wildman–Crippen LogP) is 4.42. The van der Waals surface area contributed by atoms with E-state index < -0.39 is 11.5 Å². The molecule has 5 rings (SSSR count). The van der Waals surface area contributed by atoms with Gasteiger partial charge in [0.1, 0.15) is 22.0 Å². The number of rotatable bonds is 4. The maximum absolute atomic E-state index is 13.3. The Balaban J connectivity index is 1.47. The number of fused-ring (bicyclic) bond motifs is 1. The van der Waals surface area contributed by atoms with Crippen molar-refractivity contribution in [3.63, 3.8) is 0 Å². The molecule has 0 bridgehead atoms. The van der Waals surface area contributed by atoms with Crippen molar-refractivity contribution in [3.05, 3.63) is 93.7 Å². The molecule has 4 aromatic heterocycles. The van der Waals surface area contributed by atoms with Crippen LogP contribution in [0.25, 0.3) is 32.7 Å². The molecule has 0 saturated heterocycles. The highest BCUT2D eigenvalue weighted by Crippen LogP contribution is 2.29. The summed E-state index contributed by atoms with van der Waals surface area (Å²) in [5, 5.41) is 21.5. The average Bonchev–Trinajstić information content (AvgIpc) is 3.31. The molecule has 4 heterocycles. The molecular formula is C27H17N7O2S. The van der Waals surface area contributed by atoms with Crippen LogP contribution in [0, 0.1) is 29.6 Å². The lowest BCUT2D eigenvalue weighted by Gasteiger charge is -2.11. The van der Waals surface area contributed by atoms with Gasteiger partial charge >= 0.3 is 0 Å². The Labute approximate surface area is 214 Å². The minimum absolute atomic E-state index is 0.0175. The van der Waals surface area contributed by atoms with Gasteiger partial charge in [-0.1, -0.05) is 23.5 Å². The lowest BCUT2D eigenvalue weighted by Crippen LogP contribution is -2.19. The van der Waals surface area contributed by atoms with Gasteiger partial charge in [-0.3, -0.25) is 19.9 Å². The monoisotopic (exact) mass is 503 g/mol. The largest absolute Gasteiger partial charge is 0.317 e. The zero-order chi connectivity index (χ0) is 26.1. The molecule has 0 unspecified atom stereocenters. The summed E-state index contributed by atoms with van der Waals surface area (Å²) in [7, 11) is 1.56. The Bertz CT molecular complexity index is 1840. The van der Waals surface area contributed by atoms with Gasteiger partial charge in [-0.25, -0.2) is 9.97 Å². The van der Waals surface area contributed by atoms with Crippen molar-refractivity contribution in [1.29, 1.82) is 10.5 Å². The summed E-state index contributed by atoms with van der Waals surface area (Å²) in [6, 6.07) is 18.0. The molecule has 37 heavy (non-hydrogen) atoms. The first kappa shape index (κ1) is 23.5. The Morgan fingerprint density at radius 2 is 1.81 bits per heavy atom. The number of carbonyl (C=O) groups excluding carboxylic acids is 1. The van der Waals surface area contributed by atoms with Crippen molar-refractivity contribution in [1.82, 2.24) is 19.5 Å². The summed E-state index contributed by atoms with van der Waals surface area (Å²) in [5.74, 6) is -0.429. The summed E-state index contributed by atoms with van der Waals surface area (Å²) in [4.78, 5) is 39.5. The Kier molecular flexibility index (Phi) is 6.02. The van der Waals surface area contributed by atoms with E-state index in [1.807, 2.05) is 30.3 Å². The minimum Gasteiger partial charge on any atom is -0.317 e. The quantitative estimate of drug-likeness (QED) is 0.383. The number of thiazole rings is 1. The van der Waals surface area contributed by atoms with Crippen LogP contribution in [0.4, 0.5) is 5.13 Å². The lowest BCUT2D eigenvalue weighted by atomic mass is 10.0. The third-order valence-electron chi connectivity index (χ3n) is 5.69. The Hall–Kier alpha value is -5.19. The minimum atomic E-state index is -0.429. The Morgan fingerprint density at radius 3 is 2.54 bits per heavy atom. The number of anilines is 1. The fraction of sp³-hybridized carbons (Fsp3) is 0.0741. The number of benzene rings is 1. The molecule has 5 aromatic rings. The molecule has 9 nitrogen and oxygen atoms in total. The first-order valence-corrected chi connectivity index (χ1v) is 11.8. The number of nitrogens with one attached hydrogen (secondary N) is 1. The number of carbonyl (C=O) groups is 1. The summed E-state index contributed by atoms with van der Waals surface area (Å²) in [5.41, 5.74) is 4.41. The number of aromatic nitrogens is 4.